The zero-order valence-electron chi connectivity index (χ0n) is 16.5. The van der Waals surface area contributed by atoms with Crippen molar-refractivity contribution >= 4 is 22.7 Å². The number of ether oxygens (including phenoxy) is 2. The van der Waals surface area contributed by atoms with E-state index < -0.39 is 10.8 Å². The van der Waals surface area contributed by atoms with Crippen LogP contribution in [-0.4, -0.2) is 11.9 Å². The van der Waals surface area contributed by atoms with E-state index in [1.165, 1.54) is 0 Å². The zero-order valence-corrected chi connectivity index (χ0v) is 16.5. The fourth-order valence-corrected chi connectivity index (χ4v) is 2.12. The molecule has 0 unspecified atom stereocenters. The predicted molar refractivity (Wildman–Crippen MR) is 103 cm³/mol. The molecule has 0 atom stereocenters. The van der Waals surface area contributed by atoms with E-state index >= 15 is 0 Å². The van der Waals surface area contributed by atoms with E-state index in [0.29, 0.717) is 12.8 Å². The third-order valence-electron chi connectivity index (χ3n) is 5.09. The molecule has 4 nitrogen and oxygen atoms in total. The molecule has 0 aromatic heterocycles. The molecule has 0 aliphatic heterocycles. The first-order chi connectivity index (χ1) is 12.1. The normalized spacial score (nSPS) is 12.1. The SMILES string of the molecule is CCC(C)(C)C(=O)Oc1cc2ccccc2cc1OC(=O)C(C)(C)CC. The van der Waals surface area contributed by atoms with Crippen LogP contribution < -0.4 is 9.47 Å². The summed E-state index contributed by atoms with van der Waals surface area (Å²) >= 11 is 0. The van der Waals surface area contributed by atoms with Gasteiger partial charge in [-0.05, 0) is 63.4 Å². The Morgan fingerprint density at radius 1 is 0.769 bits per heavy atom. The van der Waals surface area contributed by atoms with E-state index in [1.807, 2.05) is 65.8 Å². The molecule has 0 bridgehead atoms. The highest BCUT2D eigenvalue weighted by Gasteiger charge is 2.31. The van der Waals surface area contributed by atoms with Crippen LogP contribution in [0.25, 0.3) is 10.8 Å². The highest BCUT2D eigenvalue weighted by atomic mass is 16.6. The lowest BCUT2D eigenvalue weighted by Crippen LogP contribution is -2.30. The summed E-state index contributed by atoms with van der Waals surface area (Å²) in [6, 6.07) is 11.2. The van der Waals surface area contributed by atoms with Gasteiger partial charge in [0.1, 0.15) is 0 Å². The van der Waals surface area contributed by atoms with Gasteiger partial charge in [-0.25, -0.2) is 0 Å². The molecule has 2 rings (SSSR count). The van der Waals surface area contributed by atoms with Gasteiger partial charge in [0.15, 0.2) is 11.5 Å². The summed E-state index contributed by atoms with van der Waals surface area (Å²) in [6.07, 6.45) is 1.30. The number of carbonyl (C=O) groups excluding carboxylic acids is 2. The summed E-state index contributed by atoms with van der Waals surface area (Å²) in [5, 5.41) is 1.83. The Hall–Kier alpha value is -2.36. The van der Waals surface area contributed by atoms with Gasteiger partial charge in [0.05, 0.1) is 10.8 Å². The van der Waals surface area contributed by atoms with Crippen LogP contribution in [0.2, 0.25) is 0 Å². The van der Waals surface area contributed by atoms with Gasteiger partial charge in [-0.3, -0.25) is 9.59 Å². The standard InChI is InChI=1S/C22H28O4/c1-7-21(3,4)19(23)25-17-13-15-11-9-10-12-16(15)14-18(17)26-20(24)22(5,6)8-2/h9-14H,7-8H2,1-6H3. The van der Waals surface area contributed by atoms with Gasteiger partial charge in [-0.1, -0.05) is 38.1 Å². The summed E-state index contributed by atoms with van der Waals surface area (Å²) in [5.74, 6) is -0.143. The highest BCUT2D eigenvalue weighted by Crippen LogP contribution is 2.36. The van der Waals surface area contributed by atoms with E-state index in [0.717, 1.165) is 10.8 Å². The first-order valence-electron chi connectivity index (χ1n) is 9.08. The molecule has 0 aliphatic carbocycles. The van der Waals surface area contributed by atoms with Crippen molar-refractivity contribution in [2.24, 2.45) is 10.8 Å². The number of carbonyl (C=O) groups is 2. The van der Waals surface area contributed by atoms with Crippen molar-refractivity contribution in [2.45, 2.75) is 54.4 Å². The molecule has 4 heteroatoms. The third kappa shape index (κ3) is 4.24. The van der Waals surface area contributed by atoms with Crippen LogP contribution >= 0.6 is 0 Å². The Labute approximate surface area is 155 Å². The molecule has 0 saturated heterocycles. The van der Waals surface area contributed by atoms with Crippen LogP contribution in [0, 0.1) is 10.8 Å². The lowest BCUT2D eigenvalue weighted by atomic mass is 9.90. The number of rotatable bonds is 6. The van der Waals surface area contributed by atoms with Crippen molar-refractivity contribution in [1.29, 1.82) is 0 Å². The fourth-order valence-electron chi connectivity index (χ4n) is 2.12. The average Bonchev–Trinajstić information content (AvgIpc) is 2.61. The maximum Gasteiger partial charge on any atom is 0.317 e. The van der Waals surface area contributed by atoms with Crippen molar-refractivity contribution < 1.29 is 19.1 Å². The van der Waals surface area contributed by atoms with Crippen LogP contribution in [0.1, 0.15) is 54.4 Å². The van der Waals surface area contributed by atoms with Crippen molar-refractivity contribution in [3.05, 3.63) is 36.4 Å². The van der Waals surface area contributed by atoms with Gasteiger partial charge in [0.2, 0.25) is 0 Å². The minimum Gasteiger partial charge on any atom is -0.422 e. The van der Waals surface area contributed by atoms with Gasteiger partial charge in [0.25, 0.3) is 0 Å². The summed E-state index contributed by atoms with van der Waals surface area (Å²) in [7, 11) is 0. The van der Waals surface area contributed by atoms with Crippen LogP contribution in [-0.2, 0) is 9.59 Å². The number of benzene rings is 2. The van der Waals surface area contributed by atoms with E-state index in [4.69, 9.17) is 9.47 Å². The van der Waals surface area contributed by atoms with Crippen LogP contribution in [0.3, 0.4) is 0 Å². The minimum absolute atomic E-state index is 0.274. The molecule has 26 heavy (non-hydrogen) atoms. The van der Waals surface area contributed by atoms with Gasteiger partial charge < -0.3 is 9.47 Å². The molecule has 0 fully saturated rings. The predicted octanol–water partition coefficient (Wildman–Crippen LogP) is 5.52. The Morgan fingerprint density at radius 2 is 1.12 bits per heavy atom. The quantitative estimate of drug-likeness (QED) is 0.505. The monoisotopic (exact) mass is 356 g/mol. The lowest BCUT2D eigenvalue weighted by molar-refractivity contribution is -0.146. The maximum atomic E-state index is 12.5. The third-order valence-corrected chi connectivity index (χ3v) is 5.09. The molecule has 0 radical (unpaired) electrons. The number of esters is 2. The van der Waals surface area contributed by atoms with Gasteiger partial charge in [-0.15, -0.1) is 0 Å². The fraction of sp³-hybridized carbons (Fsp3) is 0.455. The van der Waals surface area contributed by atoms with Crippen molar-refractivity contribution in [1.82, 2.24) is 0 Å². The number of hydrogen-bond donors (Lipinski definition) is 0. The molecular weight excluding hydrogens is 328 g/mol. The zero-order chi connectivity index (χ0) is 19.5. The first-order valence-corrected chi connectivity index (χ1v) is 9.08. The molecule has 2 aromatic carbocycles. The van der Waals surface area contributed by atoms with Gasteiger partial charge in [0, 0.05) is 0 Å². The second-order valence-electron chi connectivity index (χ2n) is 7.90. The van der Waals surface area contributed by atoms with E-state index in [2.05, 4.69) is 0 Å². The Morgan fingerprint density at radius 3 is 1.42 bits per heavy atom. The minimum atomic E-state index is -0.615. The number of hydrogen-bond acceptors (Lipinski definition) is 4. The Bertz CT molecular complexity index is 750. The first kappa shape index (κ1) is 20.0. The molecule has 0 amide bonds. The van der Waals surface area contributed by atoms with Crippen LogP contribution in [0.5, 0.6) is 11.5 Å². The topological polar surface area (TPSA) is 52.6 Å². The Balaban J connectivity index is 2.46. The van der Waals surface area contributed by atoms with Gasteiger partial charge >= 0.3 is 11.9 Å². The second-order valence-corrected chi connectivity index (χ2v) is 7.90. The number of fused-ring (bicyclic) bond motifs is 1. The van der Waals surface area contributed by atoms with E-state index in [1.54, 1.807) is 12.1 Å². The summed E-state index contributed by atoms with van der Waals surface area (Å²) in [5.41, 5.74) is -1.23. The smallest absolute Gasteiger partial charge is 0.317 e. The highest BCUT2D eigenvalue weighted by molar-refractivity contribution is 5.89. The van der Waals surface area contributed by atoms with Crippen LogP contribution in [0.4, 0.5) is 0 Å². The molecule has 2 aromatic rings. The van der Waals surface area contributed by atoms with Crippen molar-refractivity contribution in [2.75, 3.05) is 0 Å². The van der Waals surface area contributed by atoms with E-state index in [-0.39, 0.29) is 23.4 Å². The molecule has 140 valence electrons. The second kappa shape index (κ2) is 7.48. The Kier molecular flexibility index (Phi) is 5.74. The average molecular weight is 356 g/mol. The molecule has 0 saturated carbocycles. The summed E-state index contributed by atoms with van der Waals surface area (Å²) < 4.78 is 11.3. The molecular formula is C22H28O4. The van der Waals surface area contributed by atoms with Crippen LogP contribution in [0.15, 0.2) is 36.4 Å². The molecule has 0 aliphatic rings. The van der Waals surface area contributed by atoms with Crippen molar-refractivity contribution in [3.8, 4) is 11.5 Å². The van der Waals surface area contributed by atoms with Gasteiger partial charge in [-0.2, -0.15) is 0 Å². The molecule has 0 N–H and O–H groups in total. The summed E-state index contributed by atoms with van der Waals surface area (Å²) in [6.45, 7) is 11.2. The van der Waals surface area contributed by atoms with Crippen molar-refractivity contribution in [3.63, 3.8) is 0 Å². The lowest BCUT2D eigenvalue weighted by Gasteiger charge is -2.23. The maximum absolute atomic E-state index is 12.5. The molecule has 0 heterocycles. The molecule has 0 spiro atoms. The summed E-state index contributed by atoms with van der Waals surface area (Å²) in [4.78, 5) is 25.1. The largest absolute Gasteiger partial charge is 0.422 e. The van der Waals surface area contributed by atoms with E-state index in [9.17, 15) is 9.59 Å².